The molecule has 0 radical (unpaired) electrons. The number of aromatic nitrogens is 3. The molecule has 0 aliphatic heterocycles. The summed E-state index contributed by atoms with van der Waals surface area (Å²) in [7, 11) is 0. The number of nitrogens with zero attached hydrogens (tertiary/aromatic N) is 3. The fourth-order valence-electron chi connectivity index (χ4n) is 9.85. The lowest BCUT2D eigenvalue weighted by Gasteiger charge is -2.22. The monoisotopic (exact) mass is 903 g/mol. The molecule has 4 nitrogen and oxygen atoms in total. The lowest BCUT2D eigenvalue weighted by molar-refractivity contribution is 0.479. The maximum atomic E-state index is 12.5. The van der Waals surface area contributed by atoms with Crippen molar-refractivity contribution in [1.29, 1.82) is 0 Å². The Morgan fingerprint density at radius 2 is 0.929 bits per heavy atom. The van der Waals surface area contributed by atoms with Gasteiger partial charge in [-0.05, 0) is 91.9 Å². The number of phenols is 1. The Hall–Kier alpha value is -8.60. The molecule has 11 rings (SSSR count). The fraction of sp³-hybridized carbons (Fsp3) is 0.0909. The molecule has 0 saturated heterocycles. The van der Waals surface area contributed by atoms with Gasteiger partial charge in [0.25, 0.3) is 0 Å². The van der Waals surface area contributed by atoms with Crippen molar-refractivity contribution in [2.75, 3.05) is 0 Å². The Bertz CT molecular complexity index is 3590. The van der Waals surface area contributed by atoms with Gasteiger partial charge in [0, 0.05) is 39.9 Å². The van der Waals surface area contributed by atoms with E-state index >= 15 is 0 Å². The number of hydrogen-bond acceptors (Lipinski definition) is 3. The zero-order valence-electron chi connectivity index (χ0n) is 39.9. The molecule has 0 amide bonds. The average Bonchev–Trinajstić information content (AvgIpc) is 3.80. The Labute approximate surface area is 410 Å². The Morgan fingerprint density at radius 1 is 0.429 bits per heavy atom. The summed E-state index contributed by atoms with van der Waals surface area (Å²) in [6, 6.07) is 80.9. The van der Waals surface area contributed by atoms with Crippen LogP contribution in [0.15, 0.2) is 237 Å². The highest BCUT2D eigenvalue weighted by Crippen LogP contribution is 2.46. The van der Waals surface area contributed by atoms with Gasteiger partial charge in [0.15, 0.2) is 0 Å². The first-order valence-electron chi connectivity index (χ1n) is 24.1. The highest BCUT2D eigenvalue weighted by atomic mass is 16.3. The second kappa shape index (κ2) is 18.5. The molecule has 11 aromatic rings. The minimum absolute atomic E-state index is 0.174. The van der Waals surface area contributed by atoms with E-state index in [1.165, 1.54) is 16.7 Å². The van der Waals surface area contributed by atoms with E-state index in [0.717, 1.165) is 83.6 Å². The van der Waals surface area contributed by atoms with E-state index < -0.39 is 0 Å². The molecule has 0 saturated carbocycles. The molecular formula is C66H53N3O. The summed E-state index contributed by atoms with van der Waals surface area (Å²) in [5, 5.41) is 12.5. The zero-order chi connectivity index (χ0) is 47.8. The molecule has 0 bridgehead atoms. The quantitative estimate of drug-likeness (QED) is 0.149. The molecule has 2 heterocycles. The number of rotatable bonds is 10. The predicted octanol–water partition coefficient (Wildman–Crippen LogP) is 17.2. The summed E-state index contributed by atoms with van der Waals surface area (Å²) in [5.41, 5.74) is 19.1. The largest absolute Gasteiger partial charge is 0.507 e. The summed E-state index contributed by atoms with van der Waals surface area (Å²) >= 11 is 0. The van der Waals surface area contributed by atoms with Crippen LogP contribution in [0.5, 0.6) is 5.75 Å². The van der Waals surface area contributed by atoms with Crippen molar-refractivity contribution in [3.63, 3.8) is 0 Å². The molecule has 338 valence electrons. The molecule has 0 aliphatic rings. The van der Waals surface area contributed by atoms with Gasteiger partial charge in [0.2, 0.25) is 0 Å². The van der Waals surface area contributed by atoms with E-state index in [1.54, 1.807) is 0 Å². The minimum atomic E-state index is -0.175. The normalized spacial score (nSPS) is 12.0. The SMILES string of the molecule is CC(c1ccccc1)c1cccc(-c2ccnc(-c3cc(-c4cccc5c4nc(-c4cccc(-c6ccccc6)c4O)n5-c4c(-c5ccccc5)cccc4-c4ccccc4)cc(C(C)(C)C)c3)c2)c1. The summed E-state index contributed by atoms with van der Waals surface area (Å²) in [5.74, 6) is 1.07. The van der Waals surface area contributed by atoms with Crippen LogP contribution in [0.2, 0.25) is 0 Å². The number of benzene rings is 9. The van der Waals surface area contributed by atoms with Crippen LogP contribution in [0, 0.1) is 0 Å². The van der Waals surface area contributed by atoms with E-state index in [2.05, 4.69) is 214 Å². The Kier molecular flexibility index (Phi) is 11.6. The van der Waals surface area contributed by atoms with E-state index in [-0.39, 0.29) is 17.1 Å². The van der Waals surface area contributed by atoms with Crippen molar-refractivity contribution in [3.8, 4) is 89.7 Å². The van der Waals surface area contributed by atoms with Gasteiger partial charge >= 0.3 is 0 Å². The molecule has 70 heavy (non-hydrogen) atoms. The van der Waals surface area contributed by atoms with Gasteiger partial charge in [-0.3, -0.25) is 9.55 Å². The van der Waals surface area contributed by atoms with E-state index in [1.807, 2.05) is 54.7 Å². The van der Waals surface area contributed by atoms with Crippen LogP contribution in [0.1, 0.15) is 50.3 Å². The molecule has 1 N–H and O–H groups in total. The molecule has 1 unspecified atom stereocenters. The standard InChI is InChI=1S/C66H53N3O/c1-44(45-21-9-5-10-22-45)49-29-17-30-50(39-49)51-37-38-67-60(43-51)53-40-52(41-54(42-53)66(2,3)4)55-31-20-36-61-62(55)68-65(59-35-19-34-58(64(59)70)48-27-15-8-16-28-48)69(61)63-56(46-23-11-6-12-24-46)32-18-33-57(63)47-25-13-7-14-26-47/h5-44,70H,1-4H3. The first kappa shape index (κ1) is 43.9. The summed E-state index contributed by atoms with van der Waals surface area (Å²) in [6.45, 7) is 9.06. The van der Waals surface area contributed by atoms with Crippen molar-refractivity contribution in [1.82, 2.24) is 14.5 Å². The maximum Gasteiger partial charge on any atom is 0.149 e. The highest BCUT2D eigenvalue weighted by Gasteiger charge is 2.26. The second-order valence-corrected chi connectivity index (χ2v) is 19.2. The number of fused-ring (bicyclic) bond motifs is 1. The van der Waals surface area contributed by atoms with Crippen molar-refractivity contribution in [2.45, 2.75) is 39.0 Å². The number of hydrogen-bond donors (Lipinski definition) is 1. The Balaban J connectivity index is 1.14. The van der Waals surface area contributed by atoms with Crippen molar-refractivity contribution in [2.24, 2.45) is 0 Å². The van der Waals surface area contributed by atoms with Crippen LogP contribution in [0.4, 0.5) is 0 Å². The molecule has 1 atom stereocenters. The number of pyridine rings is 1. The van der Waals surface area contributed by atoms with Gasteiger partial charge in [0.05, 0.1) is 28.0 Å². The summed E-state index contributed by atoms with van der Waals surface area (Å²) < 4.78 is 2.28. The minimum Gasteiger partial charge on any atom is -0.507 e. The van der Waals surface area contributed by atoms with Gasteiger partial charge < -0.3 is 5.11 Å². The lowest BCUT2D eigenvalue weighted by atomic mass is 9.83. The molecule has 0 spiro atoms. The lowest BCUT2D eigenvalue weighted by Crippen LogP contribution is -2.11. The van der Waals surface area contributed by atoms with Crippen LogP contribution in [0.25, 0.3) is 95.0 Å². The molecule has 0 aliphatic carbocycles. The highest BCUT2D eigenvalue weighted by molar-refractivity contribution is 6.00. The third-order valence-electron chi connectivity index (χ3n) is 13.7. The second-order valence-electron chi connectivity index (χ2n) is 19.2. The maximum absolute atomic E-state index is 12.5. The van der Waals surface area contributed by atoms with E-state index in [9.17, 15) is 5.11 Å². The van der Waals surface area contributed by atoms with Crippen molar-refractivity contribution >= 4 is 11.0 Å². The number of para-hydroxylation sites is 3. The third kappa shape index (κ3) is 8.39. The van der Waals surface area contributed by atoms with Crippen molar-refractivity contribution < 1.29 is 5.11 Å². The number of aromatic hydroxyl groups is 1. The molecule has 2 aromatic heterocycles. The molecule has 9 aromatic carbocycles. The van der Waals surface area contributed by atoms with Gasteiger partial charge in [-0.1, -0.05) is 222 Å². The predicted molar refractivity (Wildman–Crippen MR) is 291 cm³/mol. The summed E-state index contributed by atoms with van der Waals surface area (Å²) in [6.07, 6.45) is 1.93. The third-order valence-corrected chi connectivity index (χ3v) is 13.7. The van der Waals surface area contributed by atoms with Crippen LogP contribution in [-0.2, 0) is 5.41 Å². The topological polar surface area (TPSA) is 50.9 Å². The zero-order valence-corrected chi connectivity index (χ0v) is 39.9. The van der Waals surface area contributed by atoms with Crippen LogP contribution in [-0.4, -0.2) is 19.6 Å². The molecule has 4 heteroatoms. The van der Waals surface area contributed by atoms with Crippen LogP contribution in [0.3, 0.4) is 0 Å². The van der Waals surface area contributed by atoms with E-state index in [0.29, 0.717) is 11.4 Å². The van der Waals surface area contributed by atoms with Crippen molar-refractivity contribution in [3.05, 3.63) is 253 Å². The Morgan fingerprint density at radius 3 is 1.57 bits per heavy atom. The van der Waals surface area contributed by atoms with Crippen LogP contribution >= 0.6 is 0 Å². The van der Waals surface area contributed by atoms with Crippen LogP contribution < -0.4 is 0 Å². The van der Waals surface area contributed by atoms with Gasteiger partial charge in [0.1, 0.15) is 11.6 Å². The van der Waals surface area contributed by atoms with Gasteiger partial charge in [-0.15, -0.1) is 0 Å². The van der Waals surface area contributed by atoms with Gasteiger partial charge in [-0.25, -0.2) is 4.98 Å². The summed E-state index contributed by atoms with van der Waals surface area (Å²) in [4.78, 5) is 10.7. The fourth-order valence-corrected chi connectivity index (χ4v) is 9.85. The molecular weight excluding hydrogens is 851 g/mol. The first-order chi connectivity index (χ1) is 34.2. The van der Waals surface area contributed by atoms with Gasteiger partial charge in [-0.2, -0.15) is 0 Å². The number of imidazole rings is 1. The number of phenolic OH excluding ortho intramolecular Hbond substituents is 1. The first-order valence-corrected chi connectivity index (χ1v) is 24.1. The smallest absolute Gasteiger partial charge is 0.149 e. The average molecular weight is 904 g/mol. The van der Waals surface area contributed by atoms with E-state index in [4.69, 9.17) is 9.97 Å². The molecule has 0 fully saturated rings.